The van der Waals surface area contributed by atoms with Crippen molar-refractivity contribution in [2.24, 2.45) is 5.92 Å². The lowest BCUT2D eigenvalue weighted by Gasteiger charge is -2.12. The quantitative estimate of drug-likeness (QED) is 0.810. The van der Waals surface area contributed by atoms with E-state index in [-0.39, 0.29) is 0 Å². The first-order valence-corrected chi connectivity index (χ1v) is 7.35. The van der Waals surface area contributed by atoms with Gasteiger partial charge in [0, 0.05) is 18.9 Å². The Bertz CT molecular complexity index is 630. The number of esters is 1. The maximum absolute atomic E-state index is 11.6. The molecule has 21 heavy (non-hydrogen) atoms. The largest absolute Gasteiger partial charge is 0.464 e. The zero-order valence-electron chi connectivity index (χ0n) is 12.2. The van der Waals surface area contributed by atoms with Crippen molar-refractivity contribution in [3.05, 3.63) is 36.3 Å². The van der Waals surface area contributed by atoms with E-state index in [1.54, 1.807) is 12.3 Å². The molecular formula is C16H19N3O2. The first-order valence-electron chi connectivity index (χ1n) is 7.35. The number of hydrogen-bond donors (Lipinski definition) is 0. The molecule has 5 heteroatoms. The molecule has 0 atom stereocenters. The molecule has 0 amide bonds. The fraction of sp³-hybridized carbons (Fsp3) is 0.438. The highest BCUT2D eigenvalue weighted by molar-refractivity contribution is 5.87. The second kappa shape index (κ2) is 6.08. The van der Waals surface area contributed by atoms with Crippen LogP contribution in [0.5, 0.6) is 0 Å². The van der Waals surface area contributed by atoms with E-state index < -0.39 is 5.97 Å². The molecule has 0 unspecified atom stereocenters. The third-order valence-electron chi connectivity index (χ3n) is 4.02. The van der Waals surface area contributed by atoms with Gasteiger partial charge >= 0.3 is 5.97 Å². The number of nitrogens with zero attached hydrogens (tertiary/aromatic N) is 3. The lowest BCUT2D eigenvalue weighted by molar-refractivity contribution is 0.0594. The second-order valence-electron chi connectivity index (χ2n) is 5.45. The van der Waals surface area contributed by atoms with Crippen LogP contribution in [0.2, 0.25) is 0 Å². The highest BCUT2D eigenvalue weighted by Gasteiger charge is 2.18. The molecule has 1 fully saturated rings. The predicted molar refractivity (Wildman–Crippen MR) is 78.8 cm³/mol. The first kappa shape index (κ1) is 13.8. The molecule has 0 aromatic carbocycles. The van der Waals surface area contributed by atoms with Crippen molar-refractivity contribution >= 4 is 5.97 Å². The molecule has 1 aliphatic rings. The summed E-state index contributed by atoms with van der Waals surface area (Å²) in [4.78, 5) is 20.4. The highest BCUT2D eigenvalue weighted by Crippen LogP contribution is 2.27. The fourth-order valence-electron chi connectivity index (χ4n) is 2.94. The molecule has 1 aliphatic carbocycles. The van der Waals surface area contributed by atoms with E-state index >= 15 is 0 Å². The van der Waals surface area contributed by atoms with E-state index in [0.717, 1.165) is 18.3 Å². The lowest BCUT2D eigenvalue weighted by Crippen LogP contribution is -2.10. The van der Waals surface area contributed by atoms with Crippen LogP contribution in [0.3, 0.4) is 0 Å². The Kier molecular flexibility index (Phi) is 3.99. The molecule has 0 saturated heterocycles. The van der Waals surface area contributed by atoms with Gasteiger partial charge in [0.1, 0.15) is 11.4 Å². The molecule has 0 spiro atoms. The molecule has 0 N–H and O–H groups in total. The van der Waals surface area contributed by atoms with Gasteiger partial charge in [-0.05, 0) is 30.9 Å². The van der Waals surface area contributed by atoms with Gasteiger partial charge in [0.25, 0.3) is 0 Å². The molecule has 0 aliphatic heterocycles. The van der Waals surface area contributed by atoms with Crippen LogP contribution in [0, 0.1) is 5.92 Å². The van der Waals surface area contributed by atoms with Gasteiger partial charge in [-0.1, -0.05) is 18.9 Å². The van der Waals surface area contributed by atoms with Crippen LogP contribution in [0.4, 0.5) is 0 Å². The molecule has 2 aromatic rings. The van der Waals surface area contributed by atoms with Gasteiger partial charge in [-0.25, -0.2) is 14.8 Å². The van der Waals surface area contributed by atoms with Gasteiger partial charge in [-0.2, -0.15) is 0 Å². The summed E-state index contributed by atoms with van der Waals surface area (Å²) in [6.45, 7) is 0.972. The van der Waals surface area contributed by atoms with Gasteiger partial charge < -0.3 is 9.30 Å². The minimum absolute atomic E-state index is 0.311. The summed E-state index contributed by atoms with van der Waals surface area (Å²) in [5.74, 6) is 1.11. The van der Waals surface area contributed by atoms with Crippen LogP contribution >= 0.6 is 0 Å². The number of aromatic nitrogens is 3. The molecular weight excluding hydrogens is 266 g/mol. The zero-order valence-corrected chi connectivity index (χ0v) is 12.2. The summed E-state index contributed by atoms with van der Waals surface area (Å²) < 4.78 is 6.86. The van der Waals surface area contributed by atoms with Crippen molar-refractivity contribution in [3.8, 4) is 11.5 Å². The Balaban J connectivity index is 1.86. The van der Waals surface area contributed by atoms with E-state index in [4.69, 9.17) is 4.74 Å². The third kappa shape index (κ3) is 2.96. The standard InChI is InChI=1S/C16H19N3O2/c1-21-16(20)14-8-4-7-13(18-14)15-17-9-10-19(15)11-12-5-2-3-6-12/h4,7-10,12H,2-3,5-6,11H2,1H3. The zero-order chi connectivity index (χ0) is 14.7. The van der Waals surface area contributed by atoms with Gasteiger partial charge in [-0.15, -0.1) is 0 Å². The Hall–Kier alpha value is -2.17. The van der Waals surface area contributed by atoms with Crippen LogP contribution in [-0.2, 0) is 11.3 Å². The third-order valence-corrected chi connectivity index (χ3v) is 4.02. The molecule has 3 rings (SSSR count). The fourth-order valence-corrected chi connectivity index (χ4v) is 2.94. The smallest absolute Gasteiger partial charge is 0.356 e. The van der Waals surface area contributed by atoms with Crippen molar-refractivity contribution in [1.82, 2.24) is 14.5 Å². The predicted octanol–water partition coefficient (Wildman–Crippen LogP) is 2.92. The van der Waals surface area contributed by atoms with Crippen LogP contribution in [0.15, 0.2) is 30.6 Å². The van der Waals surface area contributed by atoms with E-state index in [1.165, 1.54) is 32.8 Å². The SMILES string of the molecule is COC(=O)c1cccc(-c2nccn2CC2CCCC2)n1. The maximum Gasteiger partial charge on any atom is 0.356 e. The average molecular weight is 285 g/mol. The maximum atomic E-state index is 11.6. The van der Waals surface area contributed by atoms with Gasteiger partial charge in [0.15, 0.2) is 5.82 Å². The number of hydrogen-bond acceptors (Lipinski definition) is 4. The summed E-state index contributed by atoms with van der Waals surface area (Å²) >= 11 is 0. The van der Waals surface area contributed by atoms with E-state index in [9.17, 15) is 4.79 Å². The Morgan fingerprint density at radius 3 is 2.95 bits per heavy atom. The number of carbonyl (C=O) groups is 1. The van der Waals surface area contributed by atoms with Crippen molar-refractivity contribution in [3.63, 3.8) is 0 Å². The van der Waals surface area contributed by atoms with Crippen molar-refractivity contribution in [2.45, 2.75) is 32.2 Å². The van der Waals surface area contributed by atoms with Crippen molar-refractivity contribution in [2.75, 3.05) is 7.11 Å². The van der Waals surface area contributed by atoms with Crippen LogP contribution in [0.1, 0.15) is 36.2 Å². The monoisotopic (exact) mass is 285 g/mol. The van der Waals surface area contributed by atoms with Crippen LogP contribution < -0.4 is 0 Å². The van der Waals surface area contributed by atoms with Crippen molar-refractivity contribution in [1.29, 1.82) is 0 Å². The van der Waals surface area contributed by atoms with Gasteiger partial charge in [-0.3, -0.25) is 0 Å². The summed E-state index contributed by atoms with van der Waals surface area (Å²) in [7, 11) is 1.36. The van der Waals surface area contributed by atoms with Gasteiger partial charge in [0.2, 0.25) is 0 Å². The summed E-state index contributed by atoms with van der Waals surface area (Å²) in [6, 6.07) is 5.34. The highest BCUT2D eigenvalue weighted by atomic mass is 16.5. The number of carbonyl (C=O) groups excluding carboxylic acids is 1. The Morgan fingerprint density at radius 1 is 1.38 bits per heavy atom. The van der Waals surface area contributed by atoms with E-state index in [2.05, 4.69) is 14.5 Å². The molecule has 2 aromatic heterocycles. The number of methoxy groups -OCH3 is 1. The van der Waals surface area contributed by atoms with Gasteiger partial charge in [0.05, 0.1) is 7.11 Å². The summed E-state index contributed by atoms with van der Waals surface area (Å²) in [5, 5.41) is 0. The summed E-state index contributed by atoms with van der Waals surface area (Å²) in [5.41, 5.74) is 1.02. The topological polar surface area (TPSA) is 57.0 Å². The van der Waals surface area contributed by atoms with E-state index in [0.29, 0.717) is 11.4 Å². The average Bonchev–Trinajstić information content (AvgIpc) is 3.19. The van der Waals surface area contributed by atoms with E-state index in [1.807, 2.05) is 18.3 Å². The Morgan fingerprint density at radius 2 is 2.19 bits per heavy atom. The minimum Gasteiger partial charge on any atom is -0.464 e. The van der Waals surface area contributed by atoms with Crippen LogP contribution in [-0.4, -0.2) is 27.6 Å². The number of ether oxygens (including phenoxy) is 1. The van der Waals surface area contributed by atoms with Crippen LogP contribution in [0.25, 0.3) is 11.5 Å². The minimum atomic E-state index is -0.425. The first-order chi connectivity index (χ1) is 10.3. The van der Waals surface area contributed by atoms with Crippen molar-refractivity contribution < 1.29 is 9.53 Å². The number of rotatable bonds is 4. The lowest BCUT2D eigenvalue weighted by atomic mass is 10.1. The Labute approximate surface area is 124 Å². The number of imidazole rings is 1. The normalized spacial score (nSPS) is 15.3. The summed E-state index contributed by atoms with van der Waals surface area (Å²) in [6.07, 6.45) is 8.99. The molecule has 2 heterocycles. The second-order valence-corrected chi connectivity index (χ2v) is 5.45. The molecule has 1 saturated carbocycles. The molecule has 0 bridgehead atoms. The molecule has 5 nitrogen and oxygen atoms in total. The number of pyridine rings is 1. The molecule has 110 valence electrons. The molecule has 0 radical (unpaired) electrons.